The Bertz CT molecular complexity index is 1100. The van der Waals surface area contributed by atoms with Gasteiger partial charge >= 0.3 is 0 Å². The summed E-state index contributed by atoms with van der Waals surface area (Å²) < 4.78 is 26.2. The summed E-state index contributed by atoms with van der Waals surface area (Å²) in [6.45, 7) is 10.00. The molecule has 2 aromatic carbocycles. The average molecular weight is 502 g/mol. The first-order valence-electron chi connectivity index (χ1n) is 12.1. The molecule has 0 unspecified atom stereocenters. The van der Waals surface area contributed by atoms with E-state index in [0.29, 0.717) is 18.7 Å². The first kappa shape index (κ1) is 28.4. The number of rotatable bonds is 12. The van der Waals surface area contributed by atoms with Crippen LogP contribution >= 0.6 is 0 Å². The summed E-state index contributed by atoms with van der Waals surface area (Å²) in [5, 5.41) is 2.88. The van der Waals surface area contributed by atoms with Crippen molar-refractivity contribution in [3.63, 3.8) is 0 Å². The molecule has 0 aromatic heterocycles. The molecule has 192 valence electrons. The number of hydrogen-bond donors (Lipinski definition) is 1. The highest BCUT2D eigenvalue weighted by atomic mass is 32.2. The Hall–Kier alpha value is -2.87. The third-order valence-electron chi connectivity index (χ3n) is 5.82. The average Bonchev–Trinajstić information content (AvgIpc) is 2.78. The fourth-order valence-corrected chi connectivity index (χ4v) is 4.86. The minimum atomic E-state index is -3.51. The molecule has 0 fully saturated rings. The molecule has 0 heterocycles. The lowest BCUT2D eigenvalue weighted by molar-refractivity contribution is -0.140. The number of sulfonamides is 1. The van der Waals surface area contributed by atoms with Gasteiger partial charge in [-0.2, -0.15) is 0 Å². The minimum Gasteiger partial charge on any atom is -0.352 e. The van der Waals surface area contributed by atoms with Gasteiger partial charge in [-0.1, -0.05) is 48.9 Å². The van der Waals surface area contributed by atoms with Gasteiger partial charge in [0.25, 0.3) is 0 Å². The molecule has 0 saturated carbocycles. The summed E-state index contributed by atoms with van der Waals surface area (Å²) in [6.07, 6.45) is 2.51. The Labute approximate surface area is 210 Å². The number of carbonyl (C=O) groups excluding carboxylic acids is 2. The first-order chi connectivity index (χ1) is 16.4. The molecule has 1 N–H and O–H groups in total. The predicted octanol–water partition coefficient (Wildman–Crippen LogP) is 4.05. The molecular formula is C27H39N3O4S. The number of benzene rings is 2. The van der Waals surface area contributed by atoms with Gasteiger partial charge < -0.3 is 10.2 Å². The normalized spacial score (nSPS) is 12.3. The van der Waals surface area contributed by atoms with Crippen molar-refractivity contribution in [2.45, 2.75) is 72.5 Å². The highest BCUT2D eigenvalue weighted by Gasteiger charge is 2.27. The molecule has 1 atom stereocenters. The molecule has 2 rings (SSSR count). The second-order valence-corrected chi connectivity index (χ2v) is 11.2. The number of nitrogens with zero attached hydrogens (tertiary/aromatic N) is 2. The monoisotopic (exact) mass is 501 g/mol. The van der Waals surface area contributed by atoms with E-state index in [0.717, 1.165) is 23.1 Å². The molecule has 0 aliphatic heterocycles. The van der Waals surface area contributed by atoms with Crippen LogP contribution in [0.4, 0.5) is 5.69 Å². The third kappa shape index (κ3) is 8.69. The molecular weight excluding hydrogens is 462 g/mol. The SMILES string of the molecule is CCc1ccc(N(CCCC(=O)N(Cc2cccc(C)c2)[C@@H](C)C(=O)NC(C)C)S(C)(=O)=O)cc1. The van der Waals surface area contributed by atoms with Crippen LogP contribution in [-0.4, -0.2) is 50.0 Å². The zero-order valence-electron chi connectivity index (χ0n) is 21.7. The van der Waals surface area contributed by atoms with Crippen molar-refractivity contribution in [1.82, 2.24) is 10.2 Å². The van der Waals surface area contributed by atoms with Gasteiger partial charge in [0.1, 0.15) is 6.04 Å². The van der Waals surface area contributed by atoms with E-state index in [4.69, 9.17) is 0 Å². The van der Waals surface area contributed by atoms with E-state index in [1.807, 2.05) is 64.1 Å². The topological polar surface area (TPSA) is 86.8 Å². The highest BCUT2D eigenvalue weighted by Crippen LogP contribution is 2.20. The van der Waals surface area contributed by atoms with Crippen LogP contribution in [0.5, 0.6) is 0 Å². The molecule has 35 heavy (non-hydrogen) atoms. The van der Waals surface area contributed by atoms with Crippen LogP contribution in [0, 0.1) is 6.92 Å². The van der Waals surface area contributed by atoms with Gasteiger partial charge in [0.05, 0.1) is 11.9 Å². The summed E-state index contributed by atoms with van der Waals surface area (Å²) in [6, 6.07) is 14.6. The number of hydrogen-bond acceptors (Lipinski definition) is 4. The lowest BCUT2D eigenvalue weighted by Crippen LogP contribution is -2.49. The quantitative estimate of drug-likeness (QED) is 0.475. The molecule has 2 amide bonds. The maximum absolute atomic E-state index is 13.3. The fraction of sp³-hybridized carbons (Fsp3) is 0.481. The van der Waals surface area contributed by atoms with Crippen molar-refractivity contribution in [3.05, 3.63) is 65.2 Å². The van der Waals surface area contributed by atoms with E-state index in [1.54, 1.807) is 24.0 Å². The van der Waals surface area contributed by atoms with Gasteiger partial charge in [-0.15, -0.1) is 0 Å². The lowest BCUT2D eigenvalue weighted by atomic mass is 10.1. The van der Waals surface area contributed by atoms with Crippen molar-refractivity contribution in [1.29, 1.82) is 0 Å². The molecule has 0 radical (unpaired) electrons. The Kier molecular flexibility index (Phi) is 10.3. The van der Waals surface area contributed by atoms with Crippen LogP contribution in [0.25, 0.3) is 0 Å². The van der Waals surface area contributed by atoms with Crippen LogP contribution in [0.3, 0.4) is 0 Å². The maximum atomic E-state index is 13.3. The molecule has 0 spiro atoms. The Morgan fingerprint density at radius 1 is 1.00 bits per heavy atom. The zero-order chi connectivity index (χ0) is 26.2. The lowest BCUT2D eigenvalue weighted by Gasteiger charge is -2.30. The Morgan fingerprint density at radius 2 is 1.66 bits per heavy atom. The van der Waals surface area contributed by atoms with E-state index in [9.17, 15) is 18.0 Å². The molecule has 8 heteroatoms. The van der Waals surface area contributed by atoms with Crippen molar-refractivity contribution in [3.8, 4) is 0 Å². The summed E-state index contributed by atoms with van der Waals surface area (Å²) in [4.78, 5) is 27.6. The molecule has 0 aliphatic carbocycles. The number of carbonyl (C=O) groups is 2. The van der Waals surface area contributed by atoms with Gasteiger partial charge in [0.15, 0.2) is 0 Å². The van der Waals surface area contributed by atoms with E-state index in [2.05, 4.69) is 5.32 Å². The standard InChI is InChI=1S/C27H39N3O4S/c1-7-23-13-15-25(16-14-23)30(35(6,33)34)17-9-12-26(31)29(22(5)27(32)28-20(2)3)19-24-11-8-10-21(4)18-24/h8,10-11,13-16,18,20,22H,7,9,12,17,19H2,1-6H3,(H,28,32)/t22-/m0/s1. The molecule has 0 saturated heterocycles. The largest absolute Gasteiger partial charge is 0.352 e. The smallest absolute Gasteiger partial charge is 0.242 e. The second kappa shape index (κ2) is 12.7. The number of anilines is 1. The minimum absolute atomic E-state index is 0.0386. The summed E-state index contributed by atoms with van der Waals surface area (Å²) in [7, 11) is -3.51. The van der Waals surface area contributed by atoms with Gasteiger partial charge in [0, 0.05) is 25.6 Å². The van der Waals surface area contributed by atoms with Crippen molar-refractivity contribution in [2.24, 2.45) is 0 Å². The number of aryl methyl sites for hydroxylation is 2. The molecule has 0 bridgehead atoms. The van der Waals surface area contributed by atoms with Crippen molar-refractivity contribution >= 4 is 27.5 Å². The Balaban J connectivity index is 2.16. The van der Waals surface area contributed by atoms with Crippen LogP contribution in [0.15, 0.2) is 48.5 Å². The van der Waals surface area contributed by atoms with Crippen LogP contribution in [-0.2, 0) is 32.6 Å². The van der Waals surface area contributed by atoms with E-state index < -0.39 is 16.1 Å². The second-order valence-electron chi connectivity index (χ2n) is 9.31. The fourth-order valence-electron chi connectivity index (χ4n) is 3.90. The summed E-state index contributed by atoms with van der Waals surface area (Å²) >= 11 is 0. The van der Waals surface area contributed by atoms with Crippen LogP contribution < -0.4 is 9.62 Å². The predicted molar refractivity (Wildman–Crippen MR) is 142 cm³/mol. The van der Waals surface area contributed by atoms with Crippen LogP contribution in [0.1, 0.15) is 57.2 Å². The molecule has 2 aromatic rings. The first-order valence-corrected chi connectivity index (χ1v) is 14.0. The maximum Gasteiger partial charge on any atom is 0.242 e. The van der Waals surface area contributed by atoms with Crippen LogP contribution in [0.2, 0.25) is 0 Å². The summed E-state index contributed by atoms with van der Waals surface area (Å²) in [5.41, 5.74) is 3.72. The Morgan fingerprint density at radius 3 is 2.20 bits per heavy atom. The van der Waals surface area contributed by atoms with Crippen molar-refractivity contribution < 1.29 is 18.0 Å². The van der Waals surface area contributed by atoms with E-state index in [-0.39, 0.29) is 30.8 Å². The van der Waals surface area contributed by atoms with Gasteiger partial charge in [-0.25, -0.2) is 8.42 Å². The van der Waals surface area contributed by atoms with Gasteiger partial charge in [0.2, 0.25) is 21.8 Å². The van der Waals surface area contributed by atoms with Gasteiger partial charge in [-0.05, 0) is 63.8 Å². The highest BCUT2D eigenvalue weighted by molar-refractivity contribution is 7.92. The third-order valence-corrected chi connectivity index (χ3v) is 7.01. The number of nitrogens with one attached hydrogen (secondary N) is 1. The van der Waals surface area contributed by atoms with E-state index in [1.165, 1.54) is 10.6 Å². The van der Waals surface area contributed by atoms with E-state index >= 15 is 0 Å². The van der Waals surface area contributed by atoms with Crippen molar-refractivity contribution in [2.75, 3.05) is 17.1 Å². The number of amides is 2. The summed E-state index contributed by atoms with van der Waals surface area (Å²) in [5.74, 6) is -0.400. The molecule has 0 aliphatic rings. The zero-order valence-corrected chi connectivity index (χ0v) is 22.6. The van der Waals surface area contributed by atoms with Gasteiger partial charge in [-0.3, -0.25) is 13.9 Å². The molecule has 7 nitrogen and oxygen atoms in total.